The molecule has 0 radical (unpaired) electrons. The van der Waals surface area contributed by atoms with E-state index in [0.717, 1.165) is 55.9 Å². The Morgan fingerprint density at radius 1 is 1.21 bits per heavy atom. The van der Waals surface area contributed by atoms with E-state index in [2.05, 4.69) is 35.6 Å². The number of thiazole rings is 1. The maximum absolute atomic E-state index is 6.32. The third-order valence-electron chi connectivity index (χ3n) is 4.81. The van der Waals surface area contributed by atoms with Gasteiger partial charge in [-0.3, -0.25) is 4.57 Å². The van der Waals surface area contributed by atoms with Crippen LogP contribution in [0.1, 0.15) is 13.3 Å². The predicted molar refractivity (Wildman–Crippen MR) is 121 cm³/mol. The van der Waals surface area contributed by atoms with Crippen LogP contribution in [0.25, 0.3) is 21.4 Å². The van der Waals surface area contributed by atoms with Gasteiger partial charge in [0.05, 0.1) is 49.0 Å². The fourth-order valence-corrected chi connectivity index (χ4v) is 5.67. The highest BCUT2D eigenvalue weighted by Gasteiger charge is 2.21. The first-order valence-electron chi connectivity index (χ1n) is 9.39. The van der Waals surface area contributed by atoms with E-state index in [1.165, 1.54) is 18.1 Å². The zero-order chi connectivity index (χ0) is 20.6. The van der Waals surface area contributed by atoms with Crippen molar-refractivity contribution < 1.29 is 4.48 Å². The van der Waals surface area contributed by atoms with Crippen LogP contribution in [0.15, 0.2) is 34.0 Å². The van der Waals surface area contributed by atoms with Crippen molar-refractivity contribution in [3.05, 3.63) is 29.5 Å². The molecule has 0 saturated carbocycles. The molecule has 0 amide bonds. The number of nitrogens with two attached hydrogens (primary N) is 1. The molecular weight excluding hydrogens is 426 g/mol. The minimum absolute atomic E-state index is 0.394. The number of anilines is 1. The molecule has 10 heteroatoms. The summed E-state index contributed by atoms with van der Waals surface area (Å²) in [5.41, 5.74) is 8.36. The maximum atomic E-state index is 6.32. The van der Waals surface area contributed by atoms with Crippen molar-refractivity contribution in [2.24, 2.45) is 0 Å². The van der Waals surface area contributed by atoms with Crippen LogP contribution in [-0.2, 0) is 6.54 Å². The number of nitrogens with zero attached hydrogens (tertiary/aromatic N) is 6. The maximum Gasteiger partial charge on any atom is 0.177 e. The molecule has 2 N–H and O–H groups in total. The van der Waals surface area contributed by atoms with Gasteiger partial charge in [0.1, 0.15) is 6.33 Å². The van der Waals surface area contributed by atoms with Crippen molar-refractivity contribution in [3.63, 3.8) is 0 Å². The van der Waals surface area contributed by atoms with Crippen molar-refractivity contribution in [3.8, 4) is 0 Å². The van der Waals surface area contributed by atoms with Gasteiger partial charge in [0.15, 0.2) is 26.5 Å². The third kappa shape index (κ3) is 4.18. The molecule has 0 atom stereocenters. The normalized spacial score (nSPS) is 12.3. The van der Waals surface area contributed by atoms with Gasteiger partial charge >= 0.3 is 0 Å². The summed E-state index contributed by atoms with van der Waals surface area (Å²) >= 11 is 9.41. The van der Waals surface area contributed by atoms with Crippen LogP contribution in [0.3, 0.4) is 0 Å². The Bertz CT molecular complexity index is 1170. The molecule has 0 spiro atoms. The summed E-state index contributed by atoms with van der Waals surface area (Å²) < 4.78 is 4.93. The van der Waals surface area contributed by atoms with E-state index < -0.39 is 0 Å². The van der Waals surface area contributed by atoms with Crippen molar-refractivity contribution in [2.75, 3.05) is 32.9 Å². The highest BCUT2D eigenvalue weighted by molar-refractivity contribution is 8.01. The molecule has 4 rings (SSSR count). The van der Waals surface area contributed by atoms with E-state index in [1.54, 1.807) is 11.3 Å². The van der Waals surface area contributed by atoms with E-state index in [4.69, 9.17) is 27.3 Å². The van der Waals surface area contributed by atoms with Crippen LogP contribution in [0.4, 0.5) is 5.82 Å². The van der Waals surface area contributed by atoms with Gasteiger partial charge < -0.3 is 10.2 Å². The van der Waals surface area contributed by atoms with E-state index in [-0.39, 0.29) is 0 Å². The number of halogens is 1. The number of fused-ring (bicyclic) bond motifs is 2. The Labute approximate surface area is 182 Å². The quantitative estimate of drug-likeness (QED) is 0.424. The van der Waals surface area contributed by atoms with Crippen molar-refractivity contribution in [1.82, 2.24) is 24.5 Å². The van der Waals surface area contributed by atoms with Crippen LogP contribution in [0.5, 0.6) is 0 Å². The van der Waals surface area contributed by atoms with Crippen molar-refractivity contribution in [1.29, 1.82) is 0 Å². The summed E-state index contributed by atoms with van der Waals surface area (Å²) in [4.78, 5) is 18.0. The molecule has 0 aliphatic rings. The number of imidazole rings is 1. The first-order valence-corrected chi connectivity index (χ1v) is 11.4. The van der Waals surface area contributed by atoms with E-state index in [1.807, 2.05) is 18.2 Å². The highest BCUT2D eigenvalue weighted by atomic mass is 35.5. The Kier molecular flexibility index (Phi) is 5.65. The fourth-order valence-electron chi connectivity index (χ4n) is 3.32. The second-order valence-corrected chi connectivity index (χ2v) is 10.2. The van der Waals surface area contributed by atoms with Crippen molar-refractivity contribution in [2.45, 2.75) is 29.4 Å². The Morgan fingerprint density at radius 3 is 2.79 bits per heavy atom. The molecule has 0 fully saturated rings. The van der Waals surface area contributed by atoms with Gasteiger partial charge in [-0.25, -0.2) is 19.9 Å². The molecule has 152 valence electrons. The molecule has 0 saturated heterocycles. The number of likely N-dealkylation sites (N-methyl/N-ethyl adjacent to an activating group) is 1. The molecule has 0 bridgehead atoms. The Hall–Kier alpha value is -1.94. The number of benzene rings is 1. The number of nitrogen functional groups attached to an aromatic ring is 1. The molecular formula is C19H23ClN7S2+. The highest BCUT2D eigenvalue weighted by Crippen LogP contribution is 2.38. The lowest BCUT2D eigenvalue weighted by molar-refractivity contribution is -0.891. The summed E-state index contributed by atoms with van der Waals surface area (Å²) in [6.07, 6.45) is 2.63. The number of rotatable bonds is 7. The summed E-state index contributed by atoms with van der Waals surface area (Å²) in [7, 11) is 4.49. The van der Waals surface area contributed by atoms with Crippen molar-refractivity contribution >= 4 is 61.9 Å². The average Bonchev–Trinajstić information content (AvgIpc) is 3.23. The number of quaternary nitrogens is 1. The molecule has 0 aliphatic carbocycles. The Morgan fingerprint density at radius 2 is 2.03 bits per heavy atom. The minimum atomic E-state index is 0.394. The van der Waals surface area contributed by atoms with E-state index >= 15 is 0 Å². The smallest absolute Gasteiger partial charge is 0.177 e. The van der Waals surface area contributed by atoms with E-state index in [9.17, 15) is 0 Å². The van der Waals surface area contributed by atoms with Crippen LogP contribution >= 0.6 is 34.7 Å². The largest absolute Gasteiger partial charge is 0.382 e. The van der Waals surface area contributed by atoms with Crippen LogP contribution in [0, 0.1) is 0 Å². The number of hydrogen-bond donors (Lipinski definition) is 1. The van der Waals surface area contributed by atoms with Gasteiger partial charge in [0.2, 0.25) is 0 Å². The Balaban J connectivity index is 1.72. The molecule has 1 aromatic carbocycles. The first-order chi connectivity index (χ1) is 13.9. The van der Waals surface area contributed by atoms with Crippen LogP contribution < -0.4 is 5.73 Å². The van der Waals surface area contributed by atoms with Gasteiger partial charge in [-0.05, 0) is 30.3 Å². The number of aromatic nitrogens is 5. The second-order valence-electron chi connectivity index (χ2n) is 7.53. The monoisotopic (exact) mass is 448 g/mol. The summed E-state index contributed by atoms with van der Waals surface area (Å²) in [5.74, 6) is 0.394. The van der Waals surface area contributed by atoms with Gasteiger partial charge in [0, 0.05) is 0 Å². The fraction of sp³-hybridized carbons (Fsp3) is 0.368. The molecule has 29 heavy (non-hydrogen) atoms. The summed E-state index contributed by atoms with van der Waals surface area (Å²) in [5, 5.41) is 1.54. The lowest BCUT2D eigenvalue weighted by Gasteiger charge is -2.29. The lowest BCUT2D eigenvalue weighted by atomic mass is 10.3. The van der Waals surface area contributed by atoms with Gasteiger partial charge in [-0.15, -0.1) is 11.3 Å². The molecule has 0 unspecified atom stereocenters. The van der Waals surface area contributed by atoms with Gasteiger partial charge in [0.25, 0.3) is 0 Å². The SMILES string of the molecule is CCC[N+](C)(C)CCn1c(Sc2nc3cccc(Cl)c3s2)nc2c(N)ncnc21. The molecule has 7 nitrogen and oxygen atoms in total. The zero-order valence-corrected chi connectivity index (χ0v) is 19.0. The summed E-state index contributed by atoms with van der Waals surface area (Å²) in [6, 6.07) is 5.77. The van der Waals surface area contributed by atoms with Gasteiger partial charge in [-0.1, -0.05) is 24.6 Å². The van der Waals surface area contributed by atoms with E-state index in [0.29, 0.717) is 16.4 Å². The molecule has 4 aromatic rings. The average molecular weight is 449 g/mol. The zero-order valence-electron chi connectivity index (χ0n) is 16.6. The summed E-state index contributed by atoms with van der Waals surface area (Å²) in [6.45, 7) is 5.07. The predicted octanol–water partition coefficient (Wildman–Crippen LogP) is 4.31. The first kappa shape index (κ1) is 20.3. The van der Waals surface area contributed by atoms with Crippen LogP contribution in [-0.4, -0.2) is 56.2 Å². The standard InChI is InChI=1S/C19H23ClN7S2/c1-4-9-27(2,3)10-8-26-17-14(16(21)22-11-23-17)25-18(26)29-19-24-13-7-5-6-12(20)15(13)28-19/h5-7,11H,4,8-10H2,1-3H3,(H2,21,22,23)/q+1. The van der Waals surface area contributed by atoms with Crippen LogP contribution in [0.2, 0.25) is 5.02 Å². The molecule has 3 aromatic heterocycles. The molecule has 0 aliphatic heterocycles. The third-order valence-corrected chi connectivity index (χ3v) is 7.40. The number of hydrogen-bond acceptors (Lipinski definition) is 7. The second kappa shape index (κ2) is 8.06. The minimum Gasteiger partial charge on any atom is -0.382 e. The topological polar surface area (TPSA) is 82.5 Å². The molecule has 3 heterocycles. The lowest BCUT2D eigenvalue weighted by Crippen LogP contribution is -2.42. The van der Waals surface area contributed by atoms with Gasteiger partial charge in [-0.2, -0.15) is 0 Å².